The van der Waals surface area contributed by atoms with Crippen molar-refractivity contribution in [2.45, 2.75) is 38.5 Å². The zero-order valence-corrected chi connectivity index (χ0v) is 21.5. The number of nitrogens with one attached hydrogen (secondary N) is 2. The molecule has 4 aromatic rings. The molecule has 202 valence electrons. The monoisotopic (exact) mass is 533 g/mol. The lowest BCUT2D eigenvalue weighted by atomic mass is 9.97. The van der Waals surface area contributed by atoms with Crippen molar-refractivity contribution in [3.63, 3.8) is 0 Å². The van der Waals surface area contributed by atoms with Crippen LogP contribution in [0.2, 0.25) is 0 Å². The van der Waals surface area contributed by atoms with Crippen LogP contribution in [-0.4, -0.2) is 22.2 Å². The summed E-state index contributed by atoms with van der Waals surface area (Å²) in [5.41, 5.74) is 9.01. The van der Waals surface area contributed by atoms with Gasteiger partial charge in [-0.3, -0.25) is 4.79 Å². The van der Waals surface area contributed by atoms with Gasteiger partial charge in [-0.1, -0.05) is 54.1 Å². The lowest BCUT2D eigenvalue weighted by Crippen LogP contribution is -2.25. The van der Waals surface area contributed by atoms with Crippen LogP contribution in [0.3, 0.4) is 0 Å². The molecule has 1 aliphatic carbocycles. The summed E-state index contributed by atoms with van der Waals surface area (Å²) in [6.45, 7) is 3.12. The maximum atomic E-state index is 13.6. The van der Waals surface area contributed by atoms with Gasteiger partial charge in [-0.15, -0.1) is 0 Å². The fraction of sp³-hybridized carbons (Fsp3) is 0.267. The molecule has 0 radical (unpaired) electrons. The number of carbonyl (C=O) groups excluding carboxylic acids is 1. The molecule has 1 aromatic heterocycles. The van der Waals surface area contributed by atoms with Gasteiger partial charge in [-0.05, 0) is 73.2 Å². The van der Waals surface area contributed by atoms with Crippen LogP contribution < -0.4 is 16.4 Å². The van der Waals surface area contributed by atoms with Crippen molar-refractivity contribution in [3.05, 3.63) is 113 Å². The van der Waals surface area contributed by atoms with E-state index in [1.807, 2.05) is 25.1 Å². The van der Waals surface area contributed by atoms with Crippen molar-refractivity contribution in [2.24, 2.45) is 11.7 Å². The summed E-state index contributed by atoms with van der Waals surface area (Å²) in [5.74, 6) is -0.0344. The Morgan fingerprint density at radius 3 is 2.46 bits per heavy atom. The first-order chi connectivity index (χ1) is 18.7. The first-order valence-corrected chi connectivity index (χ1v) is 12.9. The summed E-state index contributed by atoms with van der Waals surface area (Å²) in [4.78, 5) is 13.3. The number of benzene rings is 3. The lowest BCUT2D eigenvalue weighted by molar-refractivity contribution is -0.141. The Morgan fingerprint density at radius 2 is 1.77 bits per heavy atom. The van der Waals surface area contributed by atoms with Gasteiger partial charge >= 0.3 is 6.18 Å². The molecule has 1 fully saturated rings. The third-order valence-corrected chi connectivity index (χ3v) is 6.82. The minimum absolute atomic E-state index is 0.0931. The summed E-state index contributed by atoms with van der Waals surface area (Å²) >= 11 is 0. The fourth-order valence-corrected chi connectivity index (χ4v) is 4.48. The van der Waals surface area contributed by atoms with E-state index in [-0.39, 0.29) is 18.3 Å². The Balaban J connectivity index is 1.45. The molecule has 1 unspecified atom stereocenters. The van der Waals surface area contributed by atoms with Gasteiger partial charge in [-0.25, -0.2) is 4.68 Å². The maximum Gasteiger partial charge on any atom is 0.435 e. The van der Waals surface area contributed by atoms with Gasteiger partial charge in [0.15, 0.2) is 5.69 Å². The number of hydrogen-bond acceptors (Lipinski definition) is 4. The average molecular weight is 534 g/mol. The molecule has 1 heterocycles. The van der Waals surface area contributed by atoms with E-state index in [1.165, 1.54) is 12.8 Å². The van der Waals surface area contributed by atoms with E-state index >= 15 is 0 Å². The summed E-state index contributed by atoms with van der Waals surface area (Å²) in [7, 11) is 0. The molecule has 3 aromatic carbocycles. The molecule has 1 amide bonds. The van der Waals surface area contributed by atoms with Crippen LogP contribution in [0.4, 0.5) is 18.9 Å². The molecule has 1 saturated carbocycles. The van der Waals surface area contributed by atoms with E-state index in [2.05, 4.69) is 40.0 Å². The zero-order chi connectivity index (χ0) is 27.6. The van der Waals surface area contributed by atoms with E-state index in [4.69, 9.17) is 5.73 Å². The Kier molecular flexibility index (Phi) is 7.54. The number of aromatic nitrogens is 2. The van der Waals surface area contributed by atoms with Crippen molar-refractivity contribution in [3.8, 4) is 5.69 Å². The number of hydrogen-bond donors (Lipinski definition) is 3. The van der Waals surface area contributed by atoms with E-state index < -0.39 is 17.8 Å². The van der Waals surface area contributed by atoms with E-state index in [9.17, 15) is 18.0 Å². The quantitative estimate of drug-likeness (QED) is 0.246. The predicted molar refractivity (Wildman–Crippen MR) is 145 cm³/mol. The SMILES string of the molecule is Cc1ccc(C(NCC2CC2)c2cccc(NC(=O)c3cc(C(F)(F)F)nn3-c3cccc(CN)c3)c2)cc1. The molecule has 0 saturated heterocycles. The van der Waals surface area contributed by atoms with Crippen LogP contribution in [0.5, 0.6) is 0 Å². The van der Waals surface area contributed by atoms with Gasteiger partial charge in [0.05, 0.1) is 11.7 Å². The van der Waals surface area contributed by atoms with Crippen LogP contribution in [0, 0.1) is 12.8 Å². The summed E-state index contributed by atoms with van der Waals surface area (Å²) in [6.07, 6.45) is -2.28. The molecule has 39 heavy (non-hydrogen) atoms. The highest BCUT2D eigenvalue weighted by atomic mass is 19.4. The second kappa shape index (κ2) is 11.0. The molecule has 0 aliphatic heterocycles. The molecule has 0 spiro atoms. The topological polar surface area (TPSA) is 85.0 Å². The van der Waals surface area contributed by atoms with Crippen LogP contribution >= 0.6 is 0 Å². The molecule has 1 atom stereocenters. The number of nitrogens with two attached hydrogens (primary N) is 1. The predicted octanol–water partition coefficient (Wildman–Crippen LogP) is 6.00. The maximum absolute atomic E-state index is 13.6. The zero-order valence-electron chi connectivity index (χ0n) is 21.5. The van der Waals surface area contributed by atoms with Crippen LogP contribution in [-0.2, 0) is 12.7 Å². The van der Waals surface area contributed by atoms with Gasteiger partial charge in [-0.2, -0.15) is 18.3 Å². The molecule has 6 nitrogen and oxygen atoms in total. The lowest BCUT2D eigenvalue weighted by Gasteiger charge is -2.21. The van der Waals surface area contributed by atoms with Gasteiger partial charge in [0.2, 0.25) is 0 Å². The average Bonchev–Trinajstić information content (AvgIpc) is 3.63. The number of nitrogens with zero attached hydrogens (tertiary/aromatic N) is 2. The highest BCUT2D eigenvalue weighted by Crippen LogP contribution is 2.32. The number of rotatable bonds is 9. The Morgan fingerprint density at radius 1 is 1.03 bits per heavy atom. The smallest absolute Gasteiger partial charge is 0.326 e. The third kappa shape index (κ3) is 6.38. The largest absolute Gasteiger partial charge is 0.435 e. The van der Waals surface area contributed by atoms with Gasteiger partial charge in [0.25, 0.3) is 5.91 Å². The van der Waals surface area contributed by atoms with Gasteiger partial charge in [0, 0.05) is 18.3 Å². The van der Waals surface area contributed by atoms with Crippen LogP contribution in [0.1, 0.15) is 57.3 Å². The summed E-state index contributed by atoms with van der Waals surface area (Å²) in [5, 5.41) is 10.1. The number of halogens is 3. The fourth-order valence-electron chi connectivity index (χ4n) is 4.48. The normalized spacial score (nSPS) is 14.3. The molecule has 5 rings (SSSR count). The minimum Gasteiger partial charge on any atom is -0.326 e. The van der Waals surface area contributed by atoms with Gasteiger partial charge < -0.3 is 16.4 Å². The molecule has 4 N–H and O–H groups in total. The number of aryl methyl sites for hydroxylation is 1. The first kappa shape index (κ1) is 26.6. The molecule has 0 bridgehead atoms. The third-order valence-electron chi connectivity index (χ3n) is 6.82. The Bertz CT molecular complexity index is 1460. The molecular formula is C30H30F3N5O. The van der Waals surface area contributed by atoms with E-state index in [0.29, 0.717) is 22.9 Å². The van der Waals surface area contributed by atoms with Crippen LogP contribution in [0.25, 0.3) is 5.69 Å². The van der Waals surface area contributed by atoms with E-state index in [0.717, 1.165) is 34.0 Å². The minimum atomic E-state index is -4.71. The second-order valence-corrected chi connectivity index (χ2v) is 9.97. The number of anilines is 1. The highest BCUT2D eigenvalue weighted by Gasteiger charge is 2.36. The molecule has 9 heteroatoms. The van der Waals surface area contributed by atoms with Crippen LogP contribution in [0.15, 0.2) is 78.9 Å². The van der Waals surface area contributed by atoms with Crippen molar-refractivity contribution < 1.29 is 18.0 Å². The van der Waals surface area contributed by atoms with Crippen molar-refractivity contribution in [1.29, 1.82) is 0 Å². The number of carbonyl (C=O) groups is 1. The highest BCUT2D eigenvalue weighted by molar-refractivity contribution is 6.03. The Hall–Kier alpha value is -3.95. The number of alkyl halides is 3. The summed E-state index contributed by atoms with van der Waals surface area (Å²) < 4.78 is 41.7. The van der Waals surface area contributed by atoms with Gasteiger partial charge in [0.1, 0.15) is 5.69 Å². The molecular weight excluding hydrogens is 503 g/mol. The standard InChI is InChI=1S/C30H30F3N5O/c1-19-8-12-22(13-9-19)28(35-18-20-10-11-20)23-5-3-6-24(15-23)36-29(39)26-16-27(30(31,32)33)37-38(26)25-7-2-4-21(14-25)17-34/h2-9,12-16,20,28,35H,10-11,17-18,34H2,1H3,(H,36,39). The van der Waals surface area contributed by atoms with Crippen molar-refractivity contribution in [1.82, 2.24) is 15.1 Å². The molecule has 1 aliphatic rings. The summed E-state index contributed by atoms with van der Waals surface area (Å²) in [6, 6.07) is 22.9. The first-order valence-electron chi connectivity index (χ1n) is 12.9. The Labute approximate surface area is 225 Å². The van der Waals surface area contributed by atoms with Crippen molar-refractivity contribution in [2.75, 3.05) is 11.9 Å². The second-order valence-electron chi connectivity index (χ2n) is 9.97. The number of amides is 1. The van der Waals surface area contributed by atoms with Crippen molar-refractivity contribution >= 4 is 11.6 Å². The van der Waals surface area contributed by atoms with E-state index in [1.54, 1.807) is 30.3 Å².